The molecule has 1 aromatic heterocycles. The molecule has 31 heavy (non-hydrogen) atoms. The first kappa shape index (κ1) is 20.5. The van der Waals surface area contributed by atoms with E-state index >= 15 is 0 Å². The van der Waals surface area contributed by atoms with Gasteiger partial charge in [-0.25, -0.2) is 9.97 Å². The van der Waals surface area contributed by atoms with Crippen molar-refractivity contribution < 1.29 is 14.3 Å². The summed E-state index contributed by atoms with van der Waals surface area (Å²) < 4.78 is 4.93. The molecule has 0 bridgehead atoms. The smallest absolute Gasteiger partial charge is 0.251 e. The predicted octanol–water partition coefficient (Wildman–Crippen LogP) is 2.78. The van der Waals surface area contributed by atoms with E-state index < -0.39 is 0 Å². The molecule has 0 spiro atoms. The second-order valence-corrected chi connectivity index (χ2v) is 7.17. The highest BCUT2D eigenvalue weighted by Crippen LogP contribution is 2.35. The molecule has 158 valence electrons. The number of nitrogens with zero attached hydrogens (tertiary/aromatic N) is 3. The van der Waals surface area contributed by atoms with Gasteiger partial charge in [-0.1, -0.05) is 18.2 Å². The topological polar surface area (TPSA) is 96.4 Å². The lowest BCUT2D eigenvalue weighted by molar-refractivity contribution is -0.117. The van der Waals surface area contributed by atoms with Crippen molar-refractivity contribution in [1.29, 1.82) is 0 Å². The van der Waals surface area contributed by atoms with E-state index in [9.17, 15) is 9.59 Å². The van der Waals surface area contributed by atoms with Crippen LogP contribution in [0.3, 0.4) is 0 Å². The maximum Gasteiger partial charge on any atom is 0.251 e. The fraction of sp³-hybridized carbons (Fsp3) is 0.217. The van der Waals surface area contributed by atoms with Crippen LogP contribution in [0.15, 0.2) is 54.7 Å². The van der Waals surface area contributed by atoms with E-state index in [-0.39, 0.29) is 18.2 Å². The minimum Gasteiger partial charge on any atom is -0.383 e. The van der Waals surface area contributed by atoms with Crippen molar-refractivity contribution in [2.24, 2.45) is 0 Å². The molecule has 2 heterocycles. The summed E-state index contributed by atoms with van der Waals surface area (Å²) in [7, 11) is 3.36. The van der Waals surface area contributed by atoms with Crippen LogP contribution in [-0.2, 0) is 16.0 Å². The quantitative estimate of drug-likeness (QED) is 0.599. The van der Waals surface area contributed by atoms with Crippen LogP contribution in [0.2, 0.25) is 0 Å². The lowest BCUT2D eigenvalue weighted by Crippen LogP contribution is -2.26. The molecule has 2 amide bonds. The summed E-state index contributed by atoms with van der Waals surface area (Å²) in [5.41, 5.74) is 4.54. The van der Waals surface area contributed by atoms with E-state index in [4.69, 9.17) is 9.72 Å². The number of hydrogen-bond acceptors (Lipinski definition) is 6. The zero-order valence-electron chi connectivity index (χ0n) is 17.4. The second-order valence-electron chi connectivity index (χ2n) is 7.17. The van der Waals surface area contributed by atoms with Gasteiger partial charge >= 0.3 is 0 Å². The third-order valence-corrected chi connectivity index (χ3v) is 5.10. The Morgan fingerprint density at radius 1 is 1.16 bits per heavy atom. The van der Waals surface area contributed by atoms with Crippen molar-refractivity contribution in [3.8, 4) is 11.3 Å². The number of ether oxygens (including phenoxy) is 1. The average Bonchev–Trinajstić information content (AvgIpc) is 2.89. The molecule has 8 nitrogen and oxygen atoms in total. The van der Waals surface area contributed by atoms with Gasteiger partial charge in [-0.05, 0) is 30.3 Å². The Balaban J connectivity index is 1.56. The van der Waals surface area contributed by atoms with Gasteiger partial charge in [-0.2, -0.15) is 0 Å². The van der Waals surface area contributed by atoms with Gasteiger partial charge in [-0.3, -0.25) is 9.59 Å². The van der Waals surface area contributed by atoms with Gasteiger partial charge in [0.25, 0.3) is 5.91 Å². The molecule has 0 fully saturated rings. The van der Waals surface area contributed by atoms with Crippen LogP contribution in [0.1, 0.15) is 15.9 Å². The summed E-state index contributed by atoms with van der Waals surface area (Å²) in [4.78, 5) is 35.3. The number of methoxy groups -OCH3 is 1. The number of para-hydroxylation sites is 1. The highest BCUT2D eigenvalue weighted by molar-refractivity contribution is 6.01. The molecule has 4 rings (SSSR count). The van der Waals surface area contributed by atoms with Gasteiger partial charge in [0.2, 0.25) is 11.9 Å². The number of likely N-dealkylation sites (N-methyl/N-ethyl adjacent to an activating group) is 1. The Morgan fingerprint density at radius 2 is 1.94 bits per heavy atom. The Kier molecular flexibility index (Phi) is 5.90. The summed E-state index contributed by atoms with van der Waals surface area (Å²) >= 11 is 0. The third kappa shape index (κ3) is 4.39. The Bertz CT molecular complexity index is 1110. The van der Waals surface area contributed by atoms with Crippen LogP contribution < -0.4 is 15.5 Å². The number of anilines is 3. The summed E-state index contributed by atoms with van der Waals surface area (Å²) in [5, 5.41) is 5.96. The largest absolute Gasteiger partial charge is 0.383 e. The number of amides is 2. The predicted molar refractivity (Wildman–Crippen MR) is 119 cm³/mol. The highest BCUT2D eigenvalue weighted by Gasteiger charge is 2.24. The molecule has 2 N–H and O–H groups in total. The van der Waals surface area contributed by atoms with Gasteiger partial charge < -0.3 is 20.3 Å². The standard InChI is InChI=1S/C23H23N5O3/c1-28-19-6-4-3-5-18(19)21-16(13-20(28)29)14-25-23(27-21)26-17-9-7-15(8-10-17)22(30)24-11-12-31-2/h3-10,14H,11-13H2,1-2H3,(H,24,30)(H,25,26,27). The van der Waals surface area contributed by atoms with Crippen molar-refractivity contribution in [1.82, 2.24) is 15.3 Å². The Labute approximate surface area is 180 Å². The van der Waals surface area contributed by atoms with Crippen LogP contribution >= 0.6 is 0 Å². The van der Waals surface area contributed by atoms with E-state index in [1.165, 1.54) is 0 Å². The summed E-state index contributed by atoms with van der Waals surface area (Å²) in [6, 6.07) is 14.8. The normalized spacial score (nSPS) is 12.6. The first-order chi connectivity index (χ1) is 15.1. The monoisotopic (exact) mass is 417 g/mol. The van der Waals surface area contributed by atoms with E-state index in [1.54, 1.807) is 49.5 Å². The molecule has 0 radical (unpaired) electrons. The summed E-state index contributed by atoms with van der Waals surface area (Å²) in [5.74, 6) is 0.257. The van der Waals surface area contributed by atoms with Crippen LogP contribution in [0.5, 0.6) is 0 Å². The van der Waals surface area contributed by atoms with Gasteiger partial charge in [-0.15, -0.1) is 0 Å². The maximum atomic E-state index is 12.5. The number of benzene rings is 2. The van der Waals surface area contributed by atoms with Crippen molar-refractivity contribution in [2.75, 3.05) is 37.5 Å². The minimum absolute atomic E-state index is 0.00475. The zero-order valence-corrected chi connectivity index (χ0v) is 17.4. The molecule has 0 saturated carbocycles. The number of fused-ring (bicyclic) bond motifs is 3. The van der Waals surface area contributed by atoms with Crippen molar-refractivity contribution >= 4 is 29.1 Å². The fourth-order valence-corrected chi connectivity index (χ4v) is 3.41. The van der Waals surface area contributed by atoms with E-state index in [0.29, 0.717) is 24.7 Å². The third-order valence-electron chi connectivity index (χ3n) is 5.10. The SMILES string of the molecule is COCCNC(=O)c1ccc(Nc2ncc3c(n2)-c2ccccc2N(C)C(=O)C3)cc1. The van der Waals surface area contributed by atoms with Gasteiger partial charge in [0.05, 0.1) is 24.4 Å². The molecule has 1 aliphatic heterocycles. The first-order valence-electron chi connectivity index (χ1n) is 9.93. The molecule has 0 atom stereocenters. The molecular formula is C23H23N5O3. The van der Waals surface area contributed by atoms with Crippen LogP contribution in [-0.4, -0.2) is 49.1 Å². The summed E-state index contributed by atoms with van der Waals surface area (Å²) in [6.07, 6.45) is 1.93. The van der Waals surface area contributed by atoms with Gasteiger partial charge in [0.1, 0.15) is 0 Å². The molecule has 3 aromatic rings. The molecule has 1 aliphatic rings. The van der Waals surface area contributed by atoms with Crippen LogP contribution in [0.25, 0.3) is 11.3 Å². The number of hydrogen-bond donors (Lipinski definition) is 2. The summed E-state index contributed by atoms with van der Waals surface area (Å²) in [6.45, 7) is 0.920. The van der Waals surface area contributed by atoms with Crippen molar-refractivity contribution in [3.63, 3.8) is 0 Å². The Hall–Kier alpha value is -3.78. The van der Waals surface area contributed by atoms with Crippen molar-refractivity contribution in [3.05, 3.63) is 65.9 Å². The number of carbonyl (C=O) groups is 2. The maximum absolute atomic E-state index is 12.5. The number of nitrogens with one attached hydrogen (secondary N) is 2. The van der Waals surface area contributed by atoms with E-state index in [2.05, 4.69) is 15.6 Å². The van der Waals surface area contributed by atoms with Gasteiger partial charge in [0, 0.05) is 49.3 Å². The fourth-order valence-electron chi connectivity index (χ4n) is 3.41. The number of aromatic nitrogens is 2. The zero-order chi connectivity index (χ0) is 21.8. The van der Waals surface area contributed by atoms with Crippen LogP contribution in [0, 0.1) is 0 Å². The highest BCUT2D eigenvalue weighted by atomic mass is 16.5. The lowest BCUT2D eigenvalue weighted by atomic mass is 10.1. The average molecular weight is 417 g/mol. The molecular weight excluding hydrogens is 394 g/mol. The Morgan fingerprint density at radius 3 is 2.71 bits per heavy atom. The first-order valence-corrected chi connectivity index (χ1v) is 9.93. The van der Waals surface area contributed by atoms with E-state index in [0.717, 1.165) is 28.2 Å². The van der Waals surface area contributed by atoms with E-state index in [1.807, 2.05) is 24.3 Å². The lowest BCUT2D eigenvalue weighted by Gasteiger charge is -2.16. The minimum atomic E-state index is -0.157. The van der Waals surface area contributed by atoms with Crippen molar-refractivity contribution in [2.45, 2.75) is 6.42 Å². The number of carbonyl (C=O) groups excluding carboxylic acids is 2. The molecule has 2 aromatic carbocycles. The molecule has 8 heteroatoms. The number of rotatable bonds is 6. The van der Waals surface area contributed by atoms with Crippen LogP contribution in [0.4, 0.5) is 17.3 Å². The van der Waals surface area contributed by atoms with Gasteiger partial charge in [0.15, 0.2) is 0 Å². The molecule has 0 saturated heterocycles. The molecule has 0 unspecified atom stereocenters. The molecule has 0 aliphatic carbocycles. The second kappa shape index (κ2) is 8.93.